The monoisotopic (exact) mass is 348 g/mol. The number of likely N-dealkylation sites (N-methyl/N-ethyl adjacent to an activating group) is 1. The third kappa shape index (κ3) is 4.55. The summed E-state index contributed by atoms with van der Waals surface area (Å²) >= 11 is 5.78. The zero-order valence-electron chi connectivity index (χ0n) is 13.4. The first kappa shape index (κ1) is 17.9. The maximum Gasteiger partial charge on any atom is 0.251 e. The Balaban J connectivity index is 1.97. The van der Waals surface area contributed by atoms with Gasteiger partial charge in [-0.25, -0.2) is 4.39 Å². The fourth-order valence-electron chi connectivity index (χ4n) is 2.23. The Labute approximate surface area is 145 Å². The molecule has 1 unspecified atom stereocenters. The zero-order chi connectivity index (χ0) is 17.7. The molecule has 4 nitrogen and oxygen atoms in total. The average molecular weight is 349 g/mol. The molecule has 0 aliphatic carbocycles. The molecule has 0 heterocycles. The van der Waals surface area contributed by atoms with Crippen LogP contribution in [0.25, 0.3) is 0 Å². The lowest BCUT2D eigenvalue weighted by atomic mass is 10.1. The molecule has 0 bridgehead atoms. The number of hydrogen-bond donors (Lipinski definition) is 1. The van der Waals surface area contributed by atoms with Gasteiger partial charge in [-0.05, 0) is 37.3 Å². The number of carbonyl (C=O) groups is 2. The number of amides is 2. The second kappa shape index (κ2) is 7.93. The highest BCUT2D eigenvalue weighted by Gasteiger charge is 2.20. The Morgan fingerprint density at radius 1 is 1.17 bits per heavy atom. The zero-order valence-corrected chi connectivity index (χ0v) is 14.2. The second-order valence-electron chi connectivity index (χ2n) is 5.49. The summed E-state index contributed by atoms with van der Waals surface area (Å²) in [6.45, 7) is 1.72. The highest BCUT2D eigenvalue weighted by atomic mass is 35.5. The maximum atomic E-state index is 13.7. The van der Waals surface area contributed by atoms with Gasteiger partial charge in [0.2, 0.25) is 5.91 Å². The van der Waals surface area contributed by atoms with Crippen molar-refractivity contribution in [3.05, 3.63) is 70.5 Å². The number of benzene rings is 2. The summed E-state index contributed by atoms with van der Waals surface area (Å²) in [5.41, 5.74) is 0.834. The molecule has 1 N–H and O–H groups in total. The lowest BCUT2D eigenvalue weighted by molar-refractivity contribution is -0.132. The third-order valence-corrected chi connectivity index (χ3v) is 3.82. The van der Waals surface area contributed by atoms with Gasteiger partial charge in [0.15, 0.2) is 0 Å². The number of halogens is 2. The summed E-state index contributed by atoms with van der Waals surface area (Å²) < 4.78 is 13.7. The van der Waals surface area contributed by atoms with E-state index in [1.54, 1.807) is 56.4 Å². The predicted octanol–water partition coefficient (Wildman–Crippen LogP) is 3.26. The second-order valence-corrected chi connectivity index (χ2v) is 5.92. The summed E-state index contributed by atoms with van der Waals surface area (Å²) in [7, 11) is 1.57. The van der Waals surface area contributed by atoms with Gasteiger partial charge in [0, 0.05) is 29.7 Å². The highest BCUT2D eigenvalue weighted by molar-refractivity contribution is 6.30. The van der Waals surface area contributed by atoms with Crippen molar-refractivity contribution in [2.24, 2.45) is 0 Å². The van der Waals surface area contributed by atoms with E-state index < -0.39 is 6.04 Å². The van der Waals surface area contributed by atoms with Crippen LogP contribution in [0.1, 0.15) is 22.8 Å². The van der Waals surface area contributed by atoms with Crippen molar-refractivity contribution < 1.29 is 14.0 Å². The summed E-state index contributed by atoms with van der Waals surface area (Å²) in [4.78, 5) is 25.8. The SMILES string of the molecule is CC(NC(=O)c1ccc(Cl)cc1)C(=O)N(C)Cc1ccccc1F. The first-order valence-electron chi connectivity index (χ1n) is 7.43. The number of nitrogens with zero attached hydrogens (tertiary/aromatic N) is 1. The largest absolute Gasteiger partial charge is 0.341 e. The maximum absolute atomic E-state index is 13.7. The van der Waals surface area contributed by atoms with Crippen molar-refractivity contribution in [2.45, 2.75) is 19.5 Å². The third-order valence-electron chi connectivity index (χ3n) is 3.57. The summed E-state index contributed by atoms with van der Waals surface area (Å²) in [6, 6.07) is 11.9. The molecule has 2 amide bonds. The fourth-order valence-corrected chi connectivity index (χ4v) is 2.36. The normalized spacial score (nSPS) is 11.7. The van der Waals surface area contributed by atoms with E-state index in [9.17, 15) is 14.0 Å². The van der Waals surface area contributed by atoms with Crippen molar-refractivity contribution in [1.29, 1.82) is 0 Å². The van der Waals surface area contributed by atoms with Crippen LogP contribution < -0.4 is 5.32 Å². The van der Waals surface area contributed by atoms with Gasteiger partial charge in [-0.3, -0.25) is 9.59 Å². The smallest absolute Gasteiger partial charge is 0.251 e. The van der Waals surface area contributed by atoms with E-state index in [1.807, 2.05) is 0 Å². The van der Waals surface area contributed by atoms with Crippen LogP contribution in [0.2, 0.25) is 5.02 Å². The van der Waals surface area contributed by atoms with E-state index >= 15 is 0 Å². The number of rotatable bonds is 5. The molecule has 0 aliphatic rings. The van der Waals surface area contributed by atoms with Crippen LogP contribution in [0, 0.1) is 5.82 Å². The van der Waals surface area contributed by atoms with E-state index in [2.05, 4.69) is 5.32 Å². The van der Waals surface area contributed by atoms with Crippen molar-refractivity contribution in [3.8, 4) is 0 Å². The molecule has 0 saturated heterocycles. The molecule has 0 radical (unpaired) electrons. The highest BCUT2D eigenvalue weighted by Crippen LogP contribution is 2.11. The standard InChI is InChI=1S/C18H18ClFN2O2/c1-12(21-17(23)13-7-9-15(19)10-8-13)18(24)22(2)11-14-5-3-4-6-16(14)20/h3-10,12H,11H2,1-2H3,(H,21,23). The first-order chi connectivity index (χ1) is 11.4. The summed E-state index contributed by atoms with van der Waals surface area (Å²) in [6.07, 6.45) is 0. The molecular weight excluding hydrogens is 331 g/mol. The van der Waals surface area contributed by atoms with Crippen LogP contribution >= 0.6 is 11.6 Å². The van der Waals surface area contributed by atoms with Gasteiger partial charge in [0.05, 0.1) is 0 Å². The minimum Gasteiger partial charge on any atom is -0.341 e. The minimum atomic E-state index is -0.732. The molecule has 2 rings (SSSR count). The lowest BCUT2D eigenvalue weighted by Crippen LogP contribution is -2.45. The molecule has 0 aromatic heterocycles. The Morgan fingerprint density at radius 3 is 2.42 bits per heavy atom. The molecule has 0 saturated carbocycles. The summed E-state index contributed by atoms with van der Waals surface area (Å²) in [5.74, 6) is -1.04. The Morgan fingerprint density at radius 2 is 1.79 bits per heavy atom. The van der Waals surface area contributed by atoms with E-state index in [1.165, 1.54) is 11.0 Å². The molecule has 6 heteroatoms. The van der Waals surface area contributed by atoms with Crippen molar-refractivity contribution in [1.82, 2.24) is 10.2 Å². The van der Waals surface area contributed by atoms with Gasteiger partial charge < -0.3 is 10.2 Å². The fraction of sp³-hybridized carbons (Fsp3) is 0.222. The van der Waals surface area contributed by atoms with E-state index in [4.69, 9.17) is 11.6 Å². The Bertz CT molecular complexity index is 734. The predicted molar refractivity (Wildman–Crippen MR) is 91.3 cm³/mol. The van der Waals surface area contributed by atoms with Crippen molar-refractivity contribution >= 4 is 23.4 Å². The van der Waals surface area contributed by atoms with Gasteiger partial charge in [-0.15, -0.1) is 0 Å². The molecule has 0 aliphatic heterocycles. The van der Waals surface area contributed by atoms with Crippen LogP contribution in [0.5, 0.6) is 0 Å². The molecule has 0 spiro atoms. The molecule has 126 valence electrons. The molecular formula is C18H18ClFN2O2. The van der Waals surface area contributed by atoms with Gasteiger partial charge in [-0.2, -0.15) is 0 Å². The molecule has 2 aromatic rings. The topological polar surface area (TPSA) is 49.4 Å². The summed E-state index contributed by atoms with van der Waals surface area (Å²) in [5, 5.41) is 3.16. The van der Waals surface area contributed by atoms with E-state index in [0.717, 1.165) is 0 Å². The van der Waals surface area contributed by atoms with Crippen molar-refractivity contribution in [3.63, 3.8) is 0 Å². The molecule has 2 aromatic carbocycles. The van der Waals surface area contributed by atoms with E-state index in [0.29, 0.717) is 16.1 Å². The van der Waals surface area contributed by atoms with Crippen LogP contribution in [-0.4, -0.2) is 29.8 Å². The first-order valence-corrected chi connectivity index (χ1v) is 7.81. The number of nitrogens with one attached hydrogen (secondary N) is 1. The van der Waals surface area contributed by atoms with Crippen LogP contribution in [0.4, 0.5) is 4.39 Å². The van der Waals surface area contributed by atoms with Crippen molar-refractivity contribution in [2.75, 3.05) is 7.05 Å². The quantitative estimate of drug-likeness (QED) is 0.901. The average Bonchev–Trinajstić information content (AvgIpc) is 2.56. The van der Waals surface area contributed by atoms with E-state index in [-0.39, 0.29) is 24.2 Å². The van der Waals surface area contributed by atoms with Gasteiger partial charge in [0.25, 0.3) is 5.91 Å². The van der Waals surface area contributed by atoms with Gasteiger partial charge >= 0.3 is 0 Å². The Hall–Kier alpha value is -2.40. The van der Waals surface area contributed by atoms with Crippen LogP contribution in [-0.2, 0) is 11.3 Å². The Kier molecular flexibility index (Phi) is 5.93. The molecule has 24 heavy (non-hydrogen) atoms. The van der Waals surface area contributed by atoms with Gasteiger partial charge in [0.1, 0.15) is 11.9 Å². The van der Waals surface area contributed by atoms with Crippen LogP contribution in [0.15, 0.2) is 48.5 Å². The van der Waals surface area contributed by atoms with Gasteiger partial charge in [-0.1, -0.05) is 29.8 Å². The minimum absolute atomic E-state index is 0.132. The molecule has 0 fully saturated rings. The number of carbonyl (C=O) groups excluding carboxylic acids is 2. The number of hydrogen-bond acceptors (Lipinski definition) is 2. The van der Waals surface area contributed by atoms with Crippen LogP contribution in [0.3, 0.4) is 0 Å². The molecule has 1 atom stereocenters. The lowest BCUT2D eigenvalue weighted by Gasteiger charge is -2.22.